The Morgan fingerprint density at radius 3 is 2.74 bits per heavy atom. The van der Waals surface area contributed by atoms with Crippen molar-refractivity contribution in [1.29, 1.82) is 0 Å². The van der Waals surface area contributed by atoms with E-state index < -0.39 is 5.24 Å². The van der Waals surface area contributed by atoms with Crippen LogP contribution < -0.4 is 9.47 Å². The van der Waals surface area contributed by atoms with Crippen molar-refractivity contribution in [2.45, 2.75) is 6.61 Å². The lowest BCUT2D eigenvalue weighted by Crippen LogP contribution is -1.99. The number of benzene rings is 2. The van der Waals surface area contributed by atoms with Gasteiger partial charge in [-0.25, -0.2) is 0 Å². The summed E-state index contributed by atoms with van der Waals surface area (Å²) >= 11 is 15.0. The fraction of sp³-hybridized carbons (Fsp3) is 0.118. The van der Waals surface area contributed by atoms with Crippen molar-refractivity contribution in [3.05, 3.63) is 63.1 Å². The van der Waals surface area contributed by atoms with Gasteiger partial charge in [-0.2, -0.15) is 0 Å². The monoisotopic (exact) mass is 414 g/mol. The molecule has 0 aliphatic carbocycles. The molecule has 2 aromatic carbocycles. The van der Waals surface area contributed by atoms with Crippen molar-refractivity contribution in [3.8, 4) is 11.5 Å². The molecule has 0 bridgehead atoms. The molecule has 0 atom stereocenters. The summed E-state index contributed by atoms with van der Waals surface area (Å²) in [6.07, 6.45) is 2.80. The van der Waals surface area contributed by atoms with Crippen LogP contribution in [0.5, 0.6) is 11.5 Å². The van der Waals surface area contributed by atoms with Gasteiger partial charge in [0.15, 0.2) is 11.5 Å². The minimum atomic E-state index is -0.560. The van der Waals surface area contributed by atoms with Crippen molar-refractivity contribution in [2.75, 3.05) is 7.11 Å². The quantitative estimate of drug-likeness (QED) is 0.463. The Labute approximate surface area is 152 Å². The minimum Gasteiger partial charge on any atom is -0.493 e. The normalized spacial score (nSPS) is 10.8. The lowest BCUT2D eigenvalue weighted by atomic mass is 10.2. The number of halogens is 3. The molecule has 0 aliphatic heterocycles. The molecule has 0 saturated heterocycles. The van der Waals surface area contributed by atoms with Gasteiger partial charge in [-0.15, -0.1) is 0 Å². The third-order valence-electron chi connectivity index (χ3n) is 2.93. The first kappa shape index (κ1) is 17.9. The number of hydrogen-bond acceptors (Lipinski definition) is 3. The Bertz CT molecular complexity index is 745. The predicted molar refractivity (Wildman–Crippen MR) is 96.4 cm³/mol. The van der Waals surface area contributed by atoms with E-state index in [1.807, 2.05) is 24.3 Å². The second-order valence-corrected chi connectivity index (χ2v) is 6.29. The van der Waals surface area contributed by atoms with Gasteiger partial charge in [0.25, 0.3) is 0 Å². The Balaban J connectivity index is 2.22. The van der Waals surface area contributed by atoms with E-state index in [9.17, 15) is 4.79 Å². The van der Waals surface area contributed by atoms with Gasteiger partial charge in [-0.05, 0) is 59.1 Å². The molecular weight excluding hydrogens is 403 g/mol. The molecule has 0 aliphatic rings. The number of hydrogen-bond donors (Lipinski definition) is 0. The second-order valence-electron chi connectivity index (χ2n) is 4.59. The zero-order chi connectivity index (χ0) is 16.8. The molecule has 3 nitrogen and oxygen atoms in total. The molecule has 0 fully saturated rings. The number of ether oxygens (including phenoxy) is 2. The van der Waals surface area contributed by atoms with Crippen LogP contribution in [0.25, 0.3) is 6.08 Å². The molecule has 2 aromatic rings. The molecule has 23 heavy (non-hydrogen) atoms. The van der Waals surface area contributed by atoms with Crippen LogP contribution in [0.1, 0.15) is 11.1 Å². The fourth-order valence-electron chi connectivity index (χ4n) is 1.92. The molecule has 6 heteroatoms. The predicted octanol–water partition coefficient (Wildman–Crippen LogP) is 5.47. The number of methoxy groups -OCH3 is 1. The molecular formula is C17H13BrCl2O3. The summed E-state index contributed by atoms with van der Waals surface area (Å²) in [6, 6.07) is 11.2. The maximum Gasteiger partial charge on any atom is 0.245 e. The van der Waals surface area contributed by atoms with Gasteiger partial charge < -0.3 is 9.47 Å². The van der Waals surface area contributed by atoms with Gasteiger partial charge in [0.1, 0.15) is 6.61 Å². The molecule has 0 spiro atoms. The number of rotatable bonds is 6. The van der Waals surface area contributed by atoms with E-state index in [0.717, 1.165) is 10.0 Å². The molecule has 0 aromatic heterocycles. The smallest absolute Gasteiger partial charge is 0.245 e. The highest BCUT2D eigenvalue weighted by Crippen LogP contribution is 2.37. The standard InChI is InChI=1S/C17H13BrCl2O3/c1-22-15-9-11(5-6-16(20)21)8-14(19)17(15)23-10-12-3-2-4-13(18)7-12/h2-9H,10H2,1H3/b6-5+. The molecule has 2 rings (SSSR count). The Hall–Kier alpha value is -1.49. The summed E-state index contributed by atoms with van der Waals surface area (Å²) in [7, 11) is 1.53. The summed E-state index contributed by atoms with van der Waals surface area (Å²) in [5, 5.41) is -0.170. The van der Waals surface area contributed by atoms with Gasteiger partial charge in [-0.3, -0.25) is 4.79 Å². The van der Waals surface area contributed by atoms with E-state index in [4.69, 9.17) is 32.7 Å². The van der Waals surface area contributed by atoms with Crippen LogP contribution in [0.2, 0.25) is 5.02 Å². The first-order chi connectivity index (χ1) is 11.0. The second kappa shape index (κ2) is 8.39. The third-order valence-corrected chi connectivity index (χ3v) is 3.83. The number of carbonyl (C=O) groups excluding carboxylic acids is 1. The van der Waals surface area contributed by atoms with E-state index in [0.29, 0.717) is 28.7 Å². The molecule has 0 heterocycles. The molecule has 0 radical (unpaired) electrons. The zero-order valence-electron chi connectivity index (χ0n) is 12.2. The first-order valence-corrected chi connectivity index (χ1v) is 8.17. The van der Waals surface area contributed by atoms with Gasteiger partial charge in [0.2, 0.25) is 5.24 Å². The maximum atomic E-state index is 10.8. The van der Waals surface area contributed by atoms with Crippen molar-refractivity contribution in [1.82, 2.24) is 0 Å². The summed E-state index contributed by atoms with van der Waals surface area (Å²) < 4.78 is 12.1. The van der Waals surface area contributed by atoms with Gasteiger partial charge >= 0.3 is 0 Å². The Kier molecular flexibility index (Phi) is 6.51. The first-order valence-electron chi connectivity index (χ1n) is 6.62. The van der Waals surface area contributed by atoms with Crippen LogP contribution in [0.4, 0.5) is 0 Å². The summed E-state index contributed by atoms with van der Waals surface area (Å²) in [6.45, 7) is 0.352. The lowest BCUT2D eigenvalue weighted by Gasteiger charge is -2.13. The van der Waals surface area contributed by atoms with Gasteiger partial charge in [0.05, 0.1) is 12.1 Å². The number of carbonyl (C=O) groups is 1. The fourth-order valence-corrected chi connectivity index (χ4v) is 2.70. The van der Waals surface area contributed by atoms with Gasteiger partial charge in [-0.1, -0.05) is 39.7 Å². The van der Waals surface area contributed by atoms with E-state index in [-0.39, 0.29) is 0 Å². The van der Waals surface area contributed by atoms with Crippen molar-refractivity contribution >= 4 is 50.5 Å². The van der Waals surface area contributed by atoms with Crippen molar-refractivity contribution < 1.29 is 14.3 Å². The average molecular weight is 416 g/mol. The molecule has 0 unspecified atom stereocenters. The highest BCUT2D eigenvalue weighted by molar-refractivity contribution is 9.10. The lowest BCUT2D eigenvalue weighted by molar-refractivity contribution is -0.107. The van der Waals surface area contributed by atoms with Crippen LogP contribution >= 0.6 is 39.1 Å². The highest BCUT2D eigenvalue weighted by atomic mass is 79.9. The van der Waals surface area contributed by atoms with Gasteiger partial charge in [0, 0.05) is 4.47 Å². The SMILES string of the molecule is COc1cc(/C=C/C(=O)Cl)cc(Cl)c1OCc1cccc(Br)c1. The molecule has 0 saturated carbocycles. The van der Waals surface area contributed by atoms with E-state index in [1.54, 1.807) is 18.2 Å². The molecule has 120 valence electrons. The van der Waals surface area contributed by atoms with Crippen LogP contribution in [-0.2, 0) is 11.4 Å². The molecule has 0 amide bonds. The number of allylic oxidation sites excluding steroid dienone is 1. The summed E-state index contributed by atoms with van der Waals surface area (Å²) in [4.78, 5) is 10.8. The Morgan fingerprint density at radius 1 is 1.30 bits per heavy atom. The average Bonchev–Trinajstić information content (AvgIpc) is 2.51. The van der Waals surface area contributed by atoms with E-state index in [2.05, 4.69) is 15.9 Å². The summed E-state index contributed by atoms with van der Waals surface area (Å²) in [5.74, 6) is 0.928. The highest BCUT2D eigenvalue weighted by Gasteiger charge is 2.12. The van der Waals surface area contributed by atoms with Crippen LogP contribution in [0.3, 0.4) is 0 Å². The Morgan fingerprint density at radius 2 is 2.09 bits per heavy atom. The van der Waals surface area contributed by atoms with Crippen LogP contribution in [0.15, 0.2) is 46.9 Å². The molecule has 0 N–H and O–H groups in total. The van der Waals surface area contributed by atoms with E-state index >= 15 is 0 Å². The third kappa shape index (κ3) is 5.27. The van der Waals surface area contributed by atoms with Crippen molar-refractivity contribution in [2.24, 2.45) is 0 Å². The summed E-state index contributed by atoms with van der Waals surface area (Å²) in [5.41, 5.74) is 1.69. The van der Waals surface area contributed by atoms with E-state index in [1.165, 1.54) is 13.2 Å². The topological polar surface area (TPSA) is 35.5 Å². The minimum absolute atomic E-state index is 0.352. The van der Waals surface area contributed by atoms with Crippen molar-refractivity contribution in [3.63, 3.8) is 0 Å². The van der Waals surface area contributed by atoms with Crippen LogP contribution in [-0.4, -0.2) is 12.4 Å². The van der Waals surface area contributed by atoms with Crippen LogP contribution in [0, 0.1) is 0 Å². The maximum absolute atomic E-state index is 10.8. The largest absolute Gasteiger partial charge is 0.493 e. The zero-order valence-corrected chi connectivity index (χ0v) is 15.3.